The average Bonchev–Trinajstić information content (AvgIpc) is 3.13. The molecule has 3 aromatic carbocycles. The molecular formula is C24H21BFNO4S. The molecule has 0 bridgehead atoms. The van der Waals surface area contributed by atoms with Crippen LogP contribution in [0.4, 0.5) is 4.39 Å². The maximum absolute atomic E-state index is 13.1. The number of rotatable bonds is 8. The van der Waals surface area contributed by atoms with E-state index < -0.39 is 7.12 Å². The van der Waals surface area contributed by atoms with Gasteiger partial charge < -0.3 is 19.4 Å². The predicted octanol–water partition coefficient (Wildman–Crippen LogP) is 2.95. The van der Waals surface area contributed by atoms with Crippen LogP contribution in [0.2, 0.25) is 0 Å². The molecule has 0 spiro atoms. The van der Waals surface area contributed by atoms with Crippen LogP contribution in [0.15, 0.2) is 83.8 Å². The van der Waals surface area contributed by atoms with E-state index in [1.165, 1.54) is 23.5 Å². The number of hydrogen-bond acceptors (Lipinski definition) is 5. The van der Waals surface area contributed by atoms with Crippen LogP contribution in [0.25, 0.3) is 0 Å². The third-order valence-electron chi connectivity index (χ3n) is 5.00. The van der Waals surface area contributed by atoms with E-state index >= 15 is 0 Å². The molecule has 1 aromatic heterocycles. The lowest BCUT2D eigenvalue weighted by atomic mass is 9.80. The second-order valence-corrected chi connectivity index (χ2v) is 8.52. The van der Waals surface area contributed by atoms with Gasteiger partial charge in [0.25, 0.3) is 0 Å². The summed E-state index contributed by atoms with van der Waals surface area (Å²) in [4.78, 5) is 13.2. The van der Waals surface area contributed by atoms with E-state index in [-0.39, 0.29) is 10.7 Å². The van der Waals surface area contributed by atoms with Crippen LogP contribution in [0.1, 0.15) is 21.6 Å². The first-order valence-corrected chi connectivity index (χ1v) is 10.9. The molecule has 0 atom stereocenters. The molecule has 4 rings (SSSR count). The lowest BCUT2D eigenvalue weighted by Gasteiger charge is -2.08. The molecule has 0 amide bonds. The third kappa shape index (κ3) is 5.73. The Hall–Kier alpha value is -3.20. The SMILES string of the molecule is O=c1sc(Cc2ccc(OCc3ccc(B(O)O)cc3)cc2)cn1Cc1ccc(F)cc1. The van der Waals surface area contributed by atoms with Crippen molar-refractivity contribution in [3.63, 3.8) is 0 Å². The summed E-state index contributed by atoms with van der Waals surface area (Å²) in [6.07, 6.45) is 2.50. The van der Waals surface area contributed by atoms with Gasteiger partial charge in [0.05, 0.1) is 6.54 Å². The summed E-state index contributed by atoms with van der Waals surface area (Å²) in [5, 5.41) is 18.3. The fourth-order valence-corrected chi connectivity index (χ4v) is 4.14. The minimum Gasteiger partial charge on any atom is -0.489 e. The predicted molar refractivity (Wildman–Crippen MR) is 124 cm³/mol. The zero-order valence-corrected chi connectivity index (χ0v) is 18.0. The Labute approximate surface area is 189 Å². The molecule has 0 saturated heterocycles. The van der Waals surface area contributed by atoms with Gasteiger partial charge >= 0.3 is 12.0 Å². The van der Waals surface area contributed by atoms with Crippen molar-refractivity contribution in [1.82, 2.24) is 4.57 Å². The summed E-state index contributed by atoms with van der Waals surface area (Å²) in [5.41, 5.74) is 3.30. The van der Waals surface area contributed by atoms with Crippen molar-refractivity contribution in [3.05, 3.63) is 116 Å². The van der Waals surface area contributed by atoms with Gasteiger partial charge in [0.15, 0.2) is 0 Å². The van der Waals surface area contributed by atoms with Crippen molar-refractivity contribution in [1.29, 1.82) is 0 Å². The van der Waals surface area contributed by atoms with Crippen molar-refractivity contribution in [2.75, 3.05) is 0 Å². The van der Waals surface area contributed by atoms with E-state index in [0.717, 1.165) is 27.3 Å². The molecule has 1 heterocycles. The quantitative estimate of drug-likeness (QED) is 0.406. The summed E-state index contributed by atoms with van der Waals surface area (Å²) in [6, 6.07) is 20.8. The van der Waals surface area contributed by atoms with Crippen molar-refractivity contribution in [2.24, 2.45) is 0 Å². The van der Waals surface area contributed by atoms with Gasteiger partial charge in [-0.1, -0.05) is 59.9 Å². The second kappa shape index (κ2) is 9.95. The summed E-state index contributed by atoms with van der Waals surface area (Å²) in [6.45, 7) is 0.787. The first-order chi connectivity index (χ1) is 15.5. The van der Waals surface area contributed by atoms with Gasteiger partial charge in [-0.15, -0.1) is 0 Å². The van der Waals surface area contributed by atoms with Gasteiger partial charge in [0.2, 0.25) is 0 Å². The molecule has 2 N–H and O–H groups in total. The Kier molecular flexibility index (Phi) is 6.85. The smallest absolute Gasteiger partial charge is 0.488 e. The first kappa shape index (κ1) is 22.0. The van der Waals surface area contributed by atoms with Crippen molar-refractivity contribution < 1.29 is 19.2 Å². The van der Waals surface area contributed by atoms with E-state index in [9.17, 15) is 9.18 Å². The maximum atomic E-state index is 13.1. The van der Waals surface area contributed by atoms with Crippen molar-refractivity contribution in [2.45, 2.75) is 19.6 Å². The Morgan fingerprint density at radius 3 is 2.16 bits per heavy atom. The van der Waals surface area contributed by atoms with Gasteiger partial charge in [0.1, 0.15) is 18.2 Å². The van der Waals surface area contributed by atoms with Crippen molar-refractivity contribution >= 4 is 23.9 Å². The van der Waals surface area contributed by atoms with Crippen LogP contribution in [0.3, 0.4) is 0 Å². The van der Waals surface area contributed by atoms with Crippen LogP contribution < -0.4 is 15.1 Å². The van der Waals surface area contributed by atoms with E-state index in [4.69, 9.17) is 14.8 Å². The molecule has 0 saturated carbocycles. The summed E-state index contributed by atoms with van der Waals surface area (Å²) < 4.78 is 20.5. The van der Waals surface area contributed by atoms with E-state index in [0.29, 0.717) is 25.0 Å². The Morgan fingerprint density at radius 1 is 0.875 bits per heavy atom. The molecule has 8 heteroatoms. The number of nitrogens with zero attached hydrogens (tertiary/aromatic N) is 1. The fourth-order valence-electron chi connectivity index (χ4n) is 3.26. The monoisotopic (exact) mass is 449 g/mol. The maximum Gasteiger partial charge on any atom is 0.488 e. The Balaban J connectivity index is 1.34. The van der Waals surface area contributed by atoms with Gasteiger partial charge in [-0.3, -0.25) is 4.79 Å². The highest BCUT2D eigenvalue weighted by Crippen LogP contribution is 2.18. The van der Waals surface area contributed by atoms with Crippen molar-refractivity contribution in [3.8, 4) is 5.75 Å². The van der Waals surface area contributed by atoms with Crippen LogP contribution in [0.5, 0.6) is 5.75 Å². The van der Waals surface area contributed by atoms with Crippen LogP contribution in [0, 0.1) is 5.82 Å². The molecular weight excluding hydrogens is 428 g/mol. The molecule has 162 valence electrons. The number of aromatic nitrogens is 1. The molecule has 4 aromatic rings. The Bertz CT molecular complexity index is 1220. The molecule has 0 aliphatic carbocycles. The number of hydrogen-bond donors (Lipinski definition) is 2. The zero-order valence-electron chi connectivity index (χ0n) is 17.1. The van der Waals surface area contributed by atoms with Crippen LogP contribution in [-0.4, -0.2) is 21.7 Å². The standard InChI is InChI=1S/C24H21BFNO4S/c26-21-9-3-18(4-10-21)14-27-15-23(32-24(27)28)13-17-5-11-22(12-6-17)31-16-19-1-7-20(8-2-19)25(29)30/h1-12,15,29-30H,13-14,16H2. The summed E-state index contributed by atoms with van der Waals surface area (Å²) in [7, 11) is -1.48. The largest absolute Gasteiger partial charge is 0.489 e. The van der Waals surface area contributed by atoms with Gasteiger partial charge in [-0.25, -0.2) is 4.39 Å². The van der Waals surface area contributed by atoms with Crippen LogP contribution in [-0.2, 0) is 19.6 Å². The molecule has 0 fully saturated rings. The normalized spacial score (nSPS) is 10.8. The fraction of sp³-hybridized carbons (Fsp3) is 0.125. The van der Waals surface area contributed by atoms with E-state index in [2.05, 4.69) is 0 Å². The molecule has 0 radical (unpaired) electrons. The molecule has 5 nitrogen and oxygen atoms in total. The van der Waals surface area contributed by atoms with E-state index in [1.807, 2.05) is 30.5 Å². The Morgan fingerprint density at radius 2 is 1.50 bits per heavy atom. The number of benzene rings is 3. The van der Waals surface area contributed by atoms with Gasteiger partial charge in [-0.2, -0.15) is 0 Å². The second-order valence-electron chi connectivity index (χ2n) is 7.44. The van der Waals surface area contributed by atoms with Gasteiger partial charge in [0, 0.05) is 17.5 Å². The number of thiazole rings is 1. The van der Waals surface area contributed by atoms with E-state index in [1.54, 1.807) is 41.0 Å². The number of halogens is 1. The van der Waals surface area contributed by atoms with Crippen LogP contribution >= 0.6 is 11.3 Å². The minimum atomic E-state index is -1.48. The third-order valence-corrected chi connectivity index (χ3v) is 5.93. The highest BCUT2D eigenvalue weighted by molar-refractivity contribution is 7.09. The lowest BCUT2D eigenvalue weighted by Crippen LogP contribution is -2.29. The molecule has 0 aliphatic rings. The summed E-state index contributed by atoms with van der Waals surface area (Å²) >= 11 is 1.21. The van der Waals surface area contributed by atoms with Gasteiger partial charge in [-0.05, 0) is 46.4 Å². The zero-order chi connectivity index (χ0) is 22.5. The number of ether oxygens (including phenoxy) is 1. The lowest BCUT2D eigenvalue weighted by molar-refractivity contribution is 0.306. The highest BCUT2D eigenvalue weighted by Gasteiger charge is 2.10. The molecule has 0 aliphatic heterocycles. The topological polar surface area (TPSA) is 71.7 Å². The first-order valence-electron chi connectivity index (χ1n) is 10.1. The highest BCUT2D eigenvalue weighted by atomic mass is 32.1. The molecule has 32 heavy (non-hydrogen) atoms. The minimum absolute atomic E-state index is 0.0380. The summed E-state index contributed by atoms with van der Waals surface area (Å²) in [5.74, 6) is 0.432. The molecule has 0 unspecified atom stereocenters. The average molecular weight is 449 g/mol.